The highest BCUT2D eigenvalue weighted by Crippen LogP contribution is 2.49. The molecule has 1 unspecified atom stereocenters. The molecule has 4 nitrogen and oxygen atoms in total. The summed E-state index contributed by atoms with van der Waals surface area (Å²) in [4.78, 5) is 12.0. The molecule has 5 heteroatoms. The zero-order chi connectivity index (χ0) is 20.8. The summed E-state index contributed by atoms with van der Waals surface area (Å²) >= 11 is 6.25. The van der Waals surface area contributed by atoms with E-state index in [9.17, 15) is 4.79 Å². The summed E-state index contributed by atoms with van der Waals surface area (Å²) in [5.41, 5.74) is 9.44. The highest BCUT2D eigenvalue weighted by Gasteiger charge is 2.33. The van der Waals surface area contributed by atoms with E-state index in [1.165, 1.54) is 0 Å². The lowest BCUT2D eigenvalue weighted by molar-refractivity contribution is -0.122. The molecule has 4 rings (SSSR count). The van der Waals surface area contributed by atoms with Gasteiger partial charge in [0.25, 0.3) is 0 Å². The van der Waals surface area contributed by atoms with Crippen LogP contribution in [0.1, 0.15) is 36.6 Å². The molecular weight excluding hydrogens is 386 g/mol. The highest BCUT2D eigenvalue weighted by atomic mass is 35.5. The predicted molar refractivity (Wildman–Crippen MR) is 115 cm³/mol. The lowest BCUT2D eigenvalue weighted by Crippen LogP contribution is -2.35. The molecule has 0 radical (unpaired) electrons. The van der Waals surface area contributed by atoms with Crippen LogP contribution in [-0.2, 0) is 10.2 Å². The Balaban J connectivity index is 1.98. The van der Waals surface area contributed by atoms with Crippen LogP contribution in [0.3, 0.4) is 0 Å². The molecule has 0 saturated carbocycles. The second-order valence-corrected chi connectivity index (χ2v) is 8.11. The van der Waals surface area contributed by atoms with Crippen LogP contribution in [0.4, 0.5) is 0 Å². The number of primary amides is 1. The van der Waals surface area contributed by atoms with Crippen molar-refractivity contribution in [3.63, 3.8) is 0 Å². The maximum Gasteiger partial charge on any atom is 0.227 e. The second-order valence-electron chi connectivity index (χ2n) is 7.68. The van der Waals surface area contributed by atoms with E-state index in [-0.39, 0.29) is 12.0 Å². The summed E-state index contributed by atoms with van der Waals surface area (Å²) in [7, 11) is 1.64. The van der Waals surface area contributed by atoms with Crippen molar-refractivity contribution in [1.29, 1.82) is 0 Å². The van der Waals surface area contributed by atoms with Crippen molar-refractivity contribution in [1.82, 2.24) is 0 Å². The minimum atomic E-state index is -0.811. The zero-order valence-electron chi connectivity index (χ0n) is 16.5. The summed E-state index contributed by atoms with van der Waals surface area (Å²) in [6.07, 6.45) is -0.369. The van der Waals surface area contributed by atoms with Gasteiger partial charge in [-0.25, -0.2) is 0 Å². The molecule has 0 spiro atoms. The minimum absolute atomic E-state index is 0.369. The van der Waals surface area contributed by atoms with Gasteiger partial charge in [0.05, 0.1) is 18.1 Å². The Kier molecular flexibility index (Phi) is 4.75. The normalized spacial score (nSPS) is 15.1. The van der Waals surface area contributed by atoms with Gasteiger partial charge in [-0.2, -0.15) is 0 Å². The average molecular weight is 408 g/mol. The molecule has 0 aliphatic carbocycles. The summed E-state index contributed by atoms with van der Waals surface area (Å²) in [5, 5.41) is 0.637. The number of carbonyl (C=O) groups excluding carboxylic acids is 1. The molecule has 3 aromatic carbocycles. The first kappa shape index (κ1) is 19.3. The van der Waals surface area contributed by atoms with Gasteiger partial charge in [-0.15, -0.1) is 0 Å². The number of halogens is 1. The zero-order valence-corrected chi connectivity index (χ0v) is 17.3. The van der Waals surface area contributed by atoms with Crippen molar-refractivity contribution in [2.75, 3.05) is 7.11 Å². The number of rotatable bonds is 4. The number of hydrogen-bond acceptors (Lipinski definition) is 3. The Morgan fingerprint density at radius 2 is 1.86 bits per heavy atom. The van der Waals surface area contributed by atoms with Crippen LogP contribution in [0.2, 0.25) is 5.02 Å². The van der Waals surface area contributed by atoms with Gasteiger partial charge in [-0.3, -0.25) is 4.79 Å². The number of fused-ring (bicyclic) bond motifs is 3. The first-order chi connectivity index (χ1) is 13.8. The fourth-order valence-electron chi connectivity index (χ4n) is 3.69. The Morgan fingerprint density at radius 1 is 1.10 bits per heavy atom. The summed E-state index contributed by atoms with van der Waals surface area (Å²) in [6.45, 7) is 3.65. The third-order valence-corrected chi connectivity index (χ3v) is 5.78. The Hall–Kier alpha value is -2.98. The predicted octanol–water partition coefficient (Wildman–Crippen LogP) is 5.26. The van der Waals surface area contributed by atoms with E-state index in [0.29, 0.717) is 5.02 Å². The molecule has 0 saturated heterocycles. The number of hydrogen-bond donors (Lipinski definition) is 1. The third kappa shape index (κ3) is 3.23. The monoisotopic (exact) mass is 407 g/mol. The van der Waals surface area contributed by atoms with Gasteiger partial charge in [0.2, 0.25) is 5.91 Å². The van der Waals surface area contributed by atoms with E-state index in [0.717, 1.165) is 39.3 Å². The molecule has 0 bridgehead atoms. The van der Waals surface area contributed by atoms with Crippen LogP contribution in [0.15, 0.2) is 60.7 Å². The van der Waals surface area contributed by atoms with Crippen molar-refractivity contribution in [2.24, 2.45) is 5.73 Å². The van der Waals surface area contributed by atoms with Crippen molar-refractivity contribution < 1.29 is 14.3 Å². The first-order valence-electron chi connectivity index (χ1n) is 9.36. The maximum absolute atomic E-state index is 12.0. The first-order valence-corrected chi connectivity index (χ1v) is 9.74. The van der Waals surface area contributed by atoms with E-state index in [1.807, 2.05) is 74.5 Å². The molecule has 1 atom stereocenters. The van der Waals surface area contributed by atoms with Crippen LogP contribution in [0.5, 0.6) is 11.5 Å². The maximum atomic E-state index is 12.0. The van der Waals surface area contributed by atoms with Crippen molar-refractivity contribution >= 4 is 17.5 Å². The van der Waals surface area contributed by atoms with E-state index in [1.54, 1.807) is 7.11 Å². The topological polar surface area (TPSA) is 61.5 Å². The largest absolute Gasteiger partial charge is 0.496 e. The lowest BCUT2D eigenvalue weighted by atomic mass is 9.79. The average Bonchev–Trinajstić information content (AvgIpc) is 2.72. The summed E-state index contributed by atoms with van der Waals surface area (Å²) < 4.78 is 12.0. The molecule has 29 heavy (non-hydrogen) atoms. The molecule has 148 valence electrons. The van der Waals surface area contributed by atoms with Gasteiger partial charge in [-0.1, -0.05) is 48.0 Å². The number of methoxy groups -OCH3 is 1. The number of benzene rings is 3. The van der Waals surface area contributed by atoms with Crippen LogP contribution < -0.4 is 15.2 Å². The molecule has 0 aromatic heterocycles. The van der Waals surface area contributed by atoms with E-state index in [2.05, 4.69) is 0 Å². The number of amides is 1. The molecule has 0 fully saturated rings. The molecular formula is C24H22ClNO3. The van der Waals surface area contributed by atoms with Crippen LogP contribution >= 0.6 is 11.6 Å². The minimum Gasteiger partial charge on any atom is -0.496 e. The molecule has 3 aromatic rings. The summed E-state index contributed by atoms with van der Waals surface area (Å²) in [5.74, 6) is 1.09. The smallest absolute Gasteiger partial charge is 0.227 e. The molecule has 2 N–H and O–H groups in total. The van der Waals surface area contributed by atoms with Gasteiger partial charge >= 0.3 is 0 Å². The highest BCUT2D eigenvalue weighted by molar-refractivity contribution is 6.30. The van der Waals surface area contributed by atoms with Gasteiger partial charge in [0, 0.05) is 10.6 Å². The van der Waals surface area contributed by atoms with Gasteiger partial charge < -0.3 is 15.2 Å². The number of carbonyl (C=O) groups is 1. The molecule has 1 aliphatic rings. The third-order valence-electron chi connectivity index (χ3n) is 5.55. The lowest BCUT2D eigenvalue weighted by Gasteiger charge is -2.32. The second kappa shape index (κ2) is 7.12. The van der Waals surface area contributed by atoms with E-state index >= 15 is 0 Å². The fraction of sp³-hybridized carbons (Fsp3) is 0.208. The Morgan fingerprint density at radius 3 is 2.55 bits per heavy atom. The number of ether oxygens (including phenoxy) is 2. The van der Waals surface area contributed by atoms with E-state index < -0.39 is 5.41 Å². The fourth-order valence-corrected chi connectivity index (χ4v) is 3.89. The van der Waals surface area contributed by atoms with Crippen molar-refractivity contribution in [2.45, 2.75) is 25.4 Å². The van der Waals surface area contributed by atoms with Crippen molar-refractivity contribution in [3.05, 3.63) is 82.4 Å². The summed E-state index contributed by atoms with van der Waals surface area (Å²) in [6, 6.07) is 19.3. The van der Waals surface area contributed by atoms with Crippen molar-refractivity contribution in [3.8, 4) is 22.6 Å². The standard InChI is InChI=1S/C24H22ClNO3/c1-24(2,23(26)27)15-10-11-17-18(13-15)22(14-6-4-7-16(25)12-14)29-20-9-5-8-19(28-3)21(17)20/h4-13,22H,1-3H3,(H2,26,27). The van der Waals surface area contributed by atoms with Crippen LogP contribution in [-0.4, -0.2) is 13.0 Å². The number of nitrogens with two attached hydrogens (primary N) is 1. The molecule has 1 aliphatic heterocycles. The van der Waals surface area contributed by atoms with E-state index in [4.69, 9.17) is 26.8 Å². The van der Waals surface area contributed by atoms with Gasteiger partial charge in [0.15, 0.2) is 0 Å². The molecule has 1 heterocycles. The van der Waals surface area contributed by atoms with Gasteiger partial charge in [0.1, 0.15) is 17.6 Å². The van der Waals surface area contributed by atoms with Gasteiger partial charge in [-0.05, 0) is 54.8 Å². The SMILES string of the molecule is COc1cccc2c1-c1ccc(C(C)(C)C(N)=O)cc1C(c1cccc(Cl)c1)O2. The quantitative estimate of drug-likeness (QED) is 0.641. The Bertz CT molecular complexity index is 1110. The molecule has 1 amide bonds. The van der Waals surface area contributed by atoms with Crippen LogP contribution in [0.25, 0.3) is 11.1 Å². The van der Waals surface area contributed by atoms with Crippen LogP contribution in [0, 0.1) is 0 Å². The Labute approximate surface area is 175 Å².